The van der Waals surface area contributed by atoms with E-state index in [9.17, 15) is 9.59 Å². The van der Waals surface area contributed by atoms with Gasteiger partial charge in [-0.05, 0) is 11.4 Å². The Hall–Kier alpha value is -1.91. The predicted octanol–water partition coefficient (Wildman–Crippen LogP) is 0.143. The Bertz CT molecular complexity index is 583. The Kier molecular flexibility index (Phi) is 5.09. The van der Waals surface area contributed by atoms with Gasteiger partial charge in [0.1, 0.15) is 0 Å². The van der Waals surface area contributed by atoms with Gasteiger partial charge in [-0.25, -0.2) is 0 Å². The second-order valence-corrected chi connectivity index (χ2v) is 5.31. The molecule has 106 valence electrons. The van der Waals surface area contributed by atoms with Crippen LogP contribution in [-0.4, -0.2) is 27.8 Å². The lowest BCUT2D eigenvalue weighted by Crippen LogP contribution is -2.42. The van der Waals surface area contributed by atoms with Crippen LogP contribution in [0.3, 0.4) is 0 Å². The molecule has 8 nitrogen and oxygen atoms in total. The molecule has 0 aliphatic heterocycles. The van der Waals surface area contributed by atoms with E-state index in [1.807, 2.05) is 0 Å². The van der Waals surface area contributed by atoms with Crippen molar-refractivity contribution in [1.82, 2.24) is 21.0 Å². The third-order valence-corrected chi connectivity index (χ3v) is 3.70. The van der Waals surface area contributed by atoms with E-state index >= 15 is 0 Å². The Morgan fingerprint density at radius 2 is 2.25 bits per heavy atom. The number of nitrogens with zero attached hydrogens (tertiary/aromatic N) is 2. The molecule has 0 aliphatic rings. The molecule has 2 aromatic heterocycles. The molecule has 0 bridgehead atoms. The summed E-state index contributed by atoms with van der Waals surface area (Å²) in [6.07, 6.45) is 0. The van der Waals surface area contributed by atoms with Crippen LogP contribution in [0.15, 0.2) is 27.2 Å². The zero-order chi connectivity index (χ0) is 14.4. The molecule has 0 radical (unpaired) electrons. The van der Waals surface area contributed by atoms with Crippen LogP contribution in [0.25, 0.3) is 0 Å². The van der Waals surface area contributed by atoms with Gasteiger partial charge in [-0.3, -0.25) is 20.4 Å². The number of thiophene rings is 1. The number of rotatable bonds is 5. The van der Waals surface area contributed by atoms with Crippen LogP contribution < -0.4 is 16.6 Å². The van der Waals surface area contributed by atoms with E-state index < -0.39 is 0 Å². The molecule has 0 unspecified atom stereocenters. The van der Waals surface area contributed by atoms with Gasteiger partial charge in [0, 0.05) is 0 Å². The highest BCUT2D eigenvalue weighted by atomic mass is 32.2. The molecule has 0 saturated heterocycles. The van der Waals surface area contributed by atoms with Crippen molar-refractivity contribution >= 4 is 34.9 Å². The lowest BCUT2D eigenvalue weighted by molar-refractivity contribution is -0.119. The lowest BCUT2D eigenvalue weighted by Gasteiger charge is -2.04. The van der Waals surface area contributed by atoms with E-state index in [2.05, 4.69) is 21.0 Å². The number of nitrogens with one attached hydrogen (secondary N) is 2. The number of carbonyl (C=O) groups is 2. The standard InChI is InChI=1S/C10H11N5O3S2/c11-4-8-13-15-10(18-8)20-5-7(16)12-14-9(17)6-2-1-3-19-6/h1-3H,4-5,11H2,(H,12,16)(H,14,17). The van der Waals surface area contributed by atoms with Crippen LogP contribution in [0.2, 0.25) is 0 Å². The highest BCUT2D eigenvalue weighted by Gasteiger charge is 2.10. The average molecular weight is 313 g/mol. The Labute approximate surface area is 122 Å². The third kappa shape index (κ3) is 4.05. The molecular weight excluding hydrogens is 302 g/mol. The summed E-state index contributed by atoms with van der Waals surface area (Å²) in [4.78, 5) is 23.6. The molecular formula is C10H11N5O3S2. The van der Waals surface area contributed by atoms with E-state index in [1.54, 1.807) is 17.5 Å². The molecule has 0 fully saturated rings. The molecule has 0 aromatic carbocycles. The van der Waals surface area contributed by atoms with Gasteiger partial charge in [-0.15, -0.1) is 21.5 Å². The maximum atomic E-state index is 11.5. The molecule has 0 atom stereocenters. The van der Waals surface area contributed by atoms with Crippen molar-refractivity contribution < 1.29 is 14.0 Å². The van der Waals surface area contributed by atoms with Crippen LogP contribution in [0, 0.1) is 0 Å². The molecule has 2 amide bonds. The third-order valence-electron chi connectivity index (χ3n) is 2.01. The van der Waals surface area contributed by atoms with Crippen LogP contribution in [-0.2, 0) is 11.3 Å². The van der Waals surface area contributed by atoms with Crippen molar-refractivity contribution in [2.45, 2.75) is 11.8 Å². The maximum absolute atomic E-state index is 11.5. The summed E-state index contributed by atoms with van der Waals surface area (Å²) in [6, 6.07) is 3.41. The van der Waals surface area contributed by atoms with Gasteiger partial charge in [0.05, 0.1) is 17.2 Å². The fraction of sp³-hybridized carbons (Fsp3) is 0.200. The van der Waals surface area contributed by atoms with Crippen molar-refractivity contribution in [2.24, 2.45) is 5.73 Å². The molecule has 20 heavy (non-hydrogen) atoms. The summed E-state index contributed by atoms with van der Waals surface area (Å²) in [7, 11) is 0. The van der Waals surface area contributed by atoms with Crippen molar-refractivity contribution in [1.29, 1.82) is 0 Å². The maximum Gasteiger partial charge on any atom is 0.279 e. The first-order chi connectivity index (χ1) is 9.69. The predicted molar refractivity (Wildman–Crippen MR) is 72.8 cm³/mol. The minimum Gasteiger partial charge on any atom is -0.415 e. The van der Waals surface area contributed by atoms with Crippen molar-refractivity contribution in [3.05, 3.63) is 28.3 Å². The summed E-state index contributed by atoms with van der Waals surface area (Å²) in [5.41, 5.74) is 9.92. The van der Waals surface area contributed by atoms with E-state index in [0.29, 0.717) is 10.8 Å². The first kappa shape index (κ1) is 14.5. The molecule has 2 aromatic rings. The van der Waals surface area contributed by atoms with Crippen molar-refractivity contribution in [3.8, 4) is 0 Å². The fourth-order valence-electron chi connectivity index (χ4n) is 1.14. The van der Waals surface area contributed by atoms with Gasteiger partial charge >= 0.3 is 0 Å². The monoisotopic (exact) mass is 313 g/mol. The van der Waals surface area contributed by atoms with Gasteiger partial charge in [-0.2, -0.15) is 0 Å². The smallest absolute Gasteiger partial charge is 0.279 e. The normalized spacial score (nSPS) is 10.2. The summed E-state index contributed by atoms with van der Waals surface area (Å²) in [5.74, 6) is -0.399. The van der Waals surface area contributed by atoms with E-state index in [1.165, 1.54) is 11.3 Å². The van der Waals surface area contributed by atoms with Crippen molar-refractivity contribution in [3.63, 3.8) is 0 Å². The molecule has 0 aliphatic carbocycles. The second kappa shape index (κ2) is 7.03. The quantitative estimate of drug-likeness (QED) is 0.530. The lowest BCUT2D eigenvalue weighted by atomic mass is 10.4. The molecule has 2 rings (SSSR count). The number of thioether (sulfide) groups is 1. The van der Waals surface area contributed by atoms with Gasteiger partial charge < -0.3 is 10.2 Å². The first-order valence-corrected chi connectivity index (χ1v) is 7.33. The van der Waals surface area contributed by atoms with Gasteiger partial charge in [0.25, 0.3) is 11.1 Å². The van der Waals surface area contributed by atoms with E-state index in [0.717, 1.165) is 11.8 Å². The highest BCUT2D eigenvalue weighted by Crippen LogP contribution is 2.15. The van der Waals surface area contributed by atoms with Crippen molar-refractivity contribution in [2.75, 3.05) is 5.75 Å². The Balaban J connectivity index is 1.71. The molecule has 10 heteroatoms. The topological polar surface area (TPSA) is 123 Å². The van der Waals surface area contributed by atoms with Crippen LogP contribution in [0.1, 0.15) is 15.6 Å². The number of aromatic nitrogens is 2. The minimum atomic E-state index is -0.382. The van der Waals surface area contributed by atoms with Crippen LogP contribution in [0.4, 0.5) is 0 Å². The number of hydrogen-bond donors (Lipinski definition) is 3. The summed E-state index contributed by atoms with van der Waals surface area (Å²) in [6.45, 7) is 0.149. The fourth-order valence-corrected chi connectivity index (χ4v) is 2.34. The summed E-state index contributed by atoms with van der Waals surface area (Å²) in [5, 5.41) is 9.38. The number of hydrazine groups is 1. The zero-order valence-corrected chi connectivity index (χ0v) is 11.8. The minimum absolute atomic E-state index is 0.0386. The van der Waals surface area contributed by atoms with Gasteiger partial charge in [0.2, 0.25) is 11.8 Å². The SMILES string of the molecule is NCc1nnc(SCC(=O)NNC(=O)c2cccs2)o1. The molecule has 0 spiro atoms. The first-order valence-electron chi connectivity index (χ1n) is 5.47. The Morgan fingerprint density at radius 3 is 2.90 bits per heavy atom. The number of hydrogen-bond acceptors (Lipinski definition) is 8. The molecule has 0 saturated carbocycles. The largest absolute Gasteiger partial charge is 0.415 e. The van der Waals surface area contributed by atoms with E-state index in [4.69, 9.17) is 10.2 Å². The zero-order valence-electron chi connectivity index (χ0n) is 10.2. The highest BCUT2D eigenvalue weighted by molar-refractivity contribution is 7.99. The van der Waals surface area contributed by atoms with Gasteiger partial charge in [0.15, 0.2) is 0 Å². The van der Waals surface area contributed by atoms with Crippen LogP contribution >= 0.6 is 23.1 Å². The molecule has 2 heterocycles. The van der Waals surface area contributed by atoms with Crippen LogP contribution in [0.5, 0.6) is 0 Å². The van der Waals surface area contributed by atoms with E-state index in [-0.39, 0.29) is 29.3 Å². The summed E-state index contributed by atoms with van der Waals surface area (Å²) >= 11 is 2.34. The average Bonchev–Trinajstić information content (AvgIpc) is 3.13. The summed E-state index contributed by atoms with van der Waals surface area (Å²) < 4.78 is 5.12. The molecule has 4 N–H and O–H groups in total. The second-order valence-electron chi connectivity index (χ2n) is 3.43. The Morgan fingerprint density at radius 1 is 1.40 bits per heavy atom. The van der Waals surface area contributed by atoms with Gasteiger partial charge in [-0.1, -0.05) is 17.8 Å². The number of carbonyl (C=O) groups excluding carboxylic acids is 2. The number of amides is 2. The number of nitrogens with two attached hydrogens (primary N) is 1.